The summed E-state index contributed by atoms with van der Waals surface area (Å²) in [6.45, 7) is 5.58. The summed E-state index contributed by atoms with van der Waals surface area (Å²) in [6.07, 6.45) is 3.60. The summed E-state index contributed by atoms with van der Waals surface area (Å²) in [5.41, 5.74) is 0. The molecular formula is C9H17NO2. The predicted octanol–water partition coefficient (Wildman–Crippen LogP) is 0.840. The van der Waals surface area contributed by atoms with Crippen LogP contribution in [0.25, 0.3) is 0 Å². The van der Waals surface area contributed by atoms with Crippen LogP contribution in [0.3, 0.4) is 0 Å². The second-order valence-corrected chi connectivity index (χ2v) is 2.77. The fourth-order valence-electron chi connectivity index (χ4n) is 0.782. The van der Waals surface area contributed by atoms with Crippen molar-refractivity contribution in [2.45, 2.75) is 32.2 Å². The van der Waals surface area contributed by atoms with E-state index in [2.05, 4.69) is 11.9 Å². The van der Waals surface area contributed by atoms with E-state index in [0.717, 1.165) is 6.42 Å². The Labute approximate surface area is 73.5 Å². The van der Waals surface area contributed by atoms with Gasteiger partial charge in [-0.2, -0.15) is 0 Å². The molecule has 1 unspecified atom stereocenters. The van der Waals surface area contributed by atoms with Crippen molar-refractivity contribution < 1.29 is 9.90 Å². The van der Waals surface area contributed by atoms with Crippen LogP contribution < -0.4 is 5.32 Å². The van der Waals surface area contributed by atoms with E-state index in [1.165, 1.54) is 0 Å². The van der Waals surface area contributed by atoms with Gasteiger partial charge in [0.05, 0.1) is 0 Å². The first-order valence-corrected chi connectivity index (χ1v) is 4.23. The van der Waals surface area contributed by atoms with Gasteiger partial charge in [-0.15, -0.1) is 6.58 Å². The first-order valence-electron chi connectivity index (χ1n) is 4.23. The zero-order chi connectivity index (χ0) is 9.40. The molecule has 1 amide bonds. The zero-order valence-corrected chi connectivity index (χ0v) is 7.55. The highest BCUT2D eigenvalue weighted by atomic mass is 16.2. The predicted molar refractivity (Wildman–Crippen MR) is 48.7 cm³/mol. The molecule has 2 N–H and O–H groups in total. The molecule has 3 nitrogen and oxygen atoms in total. The van der Waals surface area contributed by atoms with E-state index in [4.69, 9.17) is 5.11 Å². The monoisotopic (exact) mass is 171 g/mol. The van der Waals surface area contributed by atoms with Gasteiger partial charge in [0.1, 0.15) is 0 Å². The number of hydrogen-bond donors (Lipinski definition) is 2. The quantitative estimate of drug-likeness (QED) is 0.459. The summed E-state index contributed by atoms with van der Waals surface area (Å²) in [6, 6.07) is 0.0339. The lowest BCUT2D eigenvalue weighted by Crippen LogP contribution is -2.30. The highest BCUT2D eigenvalue weighted by Gasteiger charge is 2.02. The van der Waals surface area contributed by atoms with Crippen LogP contribution in [0.4, 0.5) is 0 Å². The van der Waals surface area contributed by atoms with E-state index in [-0.39, 0.29) is 18.6 Å². The number of amides is 1. The Morgan fingerprint density at radius 2 is 2.33 bits per heavy atom. The number of unbranched alkanes of at least 4 members (excludes halogenated alkanes) is 1. The molecule has 0 aliphatic heterocycles. The lowest BCUT2D eigenvalue weighted by Gasteiger charge is -2.08. The van der Waals surface area contributed by atoms with E-state index in [1.54, 1.807) is 6.08 Å². The lowest BCUT2D eigenvalue weighted by atomic mass is 10.2. The number of carbonyl (C=O) groups excluding carboxylic acids is 1. The van der Waals surface area contributed by atoms with E-state index in [0.29, 0.717) is 12.8 Å². The number of hydrogen-bond acceptors (Lipinski definition) is 2. The molecule has 0 spiro atoms. The Bertz CT molecular complexity index is 145. The van der Waals surface area contributed by atoms with E-state index in [1.807, 2.05) is 6.92 Å². The van der Waals surface area contributed by atoms with Gasteiger partial charge in [-0.25, -0.2) is 0 Å². The van der Waals surface area contributed by atoms with Crippen LogP contribution in [0.2, 0.25) is 0 Å². The maximum Gasteiger partial charge on any atom is 0.220 e. The van der Waals surface area contributed by atoms with Crippen molar-refractivity contribution in [2.24, 2.45) is 0 Å². The van der Waals surface area contributed by atoms with Gasteiger partial charge in [0.2, 0.25) is 5.91 Å². The Hall–Kier alpha value is -0.830. The van der Waals surface area contributed by atoms with Crippen LogP contribution in [0.1, 0.15) is 26.2 Å². The topological polar surface area (TPSA) is 49.3 Å². The number of carbonyl (C=O) groups is 1. The fourth-order valence-corrected chi connectivity index (χ4v) is 0.782. The summed E-state index contributed by atoms with van der Waals surface area (Å²) < 4.78 is 0. The molecule has 0 radical (unpaired) electrons. The maximum atomic E-state index is 11.0. The Morgan fingerprint density at radius 1 is 1.67 bits per heavy atom. The van der Waals surface area contributed by atoms with Crippen molar-refractivity contribution in [1.82, 2.24) is 5.32 Å². The van der Waals surface area contributed by atoms with Crippen molar-refractivity contribution in [3.05, 3.63) is 12.7 Å². The molecule has 1 atom stereocenters. The van der Waals surface area contributed by atoms with E-state index < -0.39 is 0 Å². The SMILES string of the molecule is C=CC(C)NC(=O)CCCCO. The summed E-state index contributed by atoms with van der Waals surface area (Å²) >= 11 is 0. The number of aliphatic hydroxyl groups excluding tert-OH is 1. The molecule has 0 heterocycles. The number of nitrogens with one attached hydrogen (secondary N) is 1. The second kappa shape index (κ2) is 6.85. The molecule has 0 saturated heterocycles. The van der Waals surface area contributed by atoms with Gasteiger partial charge in [-0.05, 0) is 19.8 Å². The van der Waals surface area contributed by atoms with Gasteiger partial charge < -0.3 is 10.4 Å². The third kappa shape index (κ3) is 5.92. The van der Waals surface area contributed by atoms with Crippen molar-refractivity contribution >= 4 is 5.91 Å². The van der Waals surface area contributed by atoms with Crippen LogP contribution >= 0.6 is 0 Å². The van der Waals surface area contributed by atoms with Crippen LogP contribution in [0.15, 0.2) is 12.7 Å². The minimum absolute atomic E-state index is 0.0239. The third-order valence-electron chi connectivity index (χ3n) is 1.55. The Kier molecular flexibility index (Phi) is 6.38. The van der Waals surface area contributed by atoms with Crippen LogP contribution in [-0.4, -0.2) is 23.7 Å². The highest BCUT2D eigenvalue weighted by Crippen LogP contribution is 1.94. The van der Waals surface area contributed by atoms with Crippen molar-refractivity contribution in [1.29, 1.82) is 0 Å². The number of aliphatic hydroxyl groups is 1. The van der Waals surface area contributed by atoms with Crippen LogP contribution in [0.5, 0.6) is 0 Å². The molecule has 70 valence electrons. The van der Waals surface area contributed by atoms with Crippen LogP contribution in [-0.2, 0) is 4.79 Å². The second-order valence-electron chi connectivity index (χ2n) is 2.77. The molecule has 0 aromatic rings. The van der Waals surface area contributed by atoms with Crippen molar-refractivity contribution in [3.63, 3.8) is 0 Å². The van der Waals surface area contributed by atoms with Crippen LogP contribution in [0, 0.1) is 0 Å². The summed E-state index contributed by atoms with van der Waals surface area (Å²) in [4.78, 5) is 11.0. The molecule has 0 aliphatic carbocycles. The van der Waals surface area contributed by atoms with Crippen molar-refractivity contribution in [3.8, 4) is 0 Å². The molecule has 3 heteroatoms. The van der Waals surface area contributed by atoms with Crippen molar-refractivity contribution in [2.75, 3.05) is 6.61 Å². The molecule has 0 saturated carbocycles. The minimum Gasteiger partial charge on any atom is -0.396 e. The number of rotatable bonds is 6. The molecule has 0 bridgehead atoms. The average molecular weight is 171 g/mol. The first kappa shape index (κ1) is 11.2. The molecule has 0 aliphatic rings. The average Bonchev–Trinajstić information content (AvgIpc) is 2.05. The third-order valence-corrected chi connectivity index (χ3v) is 1.55. The summed E-state index contributed by atoms with van der Waals surface area (Å²) in [5.74, 6) is 0.0239. The molecule has 0 fully saturated rings. The van der Waals surface area contributed by atoms with E-state index >= 15 is 0 Å². The molecule has 0 rings (SSSR count). The smallest absolute Gasteiger partial charge is 0.220 e. The molecule has 0 aromatic heterocycles. The Morgan fingerprint density at radius 3 is 2.83 bits per heavy atom. The Balaban J connectivity index is 3.39. The molecule has 0 aromatic carbocycles. The van der Waals surface area contributed by atoms with Gasteiger partial charge in [-0.1, -0.05) is 6.08 Å². The zero-order valence-electron chi connectivity index (χ0n) is 7.55. The lowest BCUT2D eigenvalue weighted by molar-refractivity contribution is -0.121. The highest BCUT2D eigenvalue weighted by molar-refractivity contribution is 5.76. The van der Waals surface area contributed by atoms with Gasteiger partial charge in [0.15, 0.2) is 0 Å². The normalized spacial score (nSPS) is 12.2. The molecule has 12 heavy (non-hydrogen) atoms. The van der Waals surface area contributed by atoms with Gasteiger partial charge in [0, 0.05) is 19.1 Å². The summed E-state index contributed by atoms with van der Waals surface area (Å²) in [5, 5.41) is 11.2. The van der Waals surface area contributed by atoms with Gasteiger partial charge in [0.25, 0.3) is 0 Å². The van der Waals surface area contributed by atoms with Gasteiger partial charge in [-0.3, -0.25) is 4.79 Å². The first-order chi connectivity index (χ1) is 5.70. The fraction of sp³-hybridized carbons (Fsp3) is 0.667. The van der Waals surface area contributed by atoms with Gasteiger partial charge >= 0.3 is 0 Å². The minimum atomic E-state index is 0.0239. The summed E-state index contributed by atoms with van der Waals surface area (Å²) in [7, 11) is 0. The van der Waals surface area contributed by atoms with E-state index in [9.17, 15) is 4.79 Å². The standard InChI is InChI=1S/C9H17NO2/c1-3-8(2)10-9(12)6-4-5-7-11/h3,8,11H,1,4-7H2,2H3,(H,10,12). The largest absolute Gasteiger partial charge is 0.396 e. The maximum absolute atomic E-state index is 11.0. The molecular weight excluding hydrogens is 154 g/mol.